The third-order valence-corrected chi connectivity index (χ3v) is 4.37. The Hall–Kier alpha value is -1.88. The van der Waals surface area contributed by atoms with Crippen LogP contribution in [0, 0.1) is 19.8 Å². The van der Waals surface area contributed by atoms with Crippen molar-refractivity contribution in [1.29, 1.82) is 0 Å². The van der Waals surface area contributed by atoms with E-state index in [2.05, 4.69) is 50.9 Å². The van der Waals surface area contributed by atoms with Crippen molar-refractivity contribution in [3.05, 3.63) is 41.0 Å². The summed E-state index contributed by atoms with van der Waals surface area (Å²) in [4.78, 5) is 8.40. The number of benzene rings is 1. The normalized spacial score (nSPS) is 16.5. The molecule has 0 radical (unpaired) electrons. The number of nitrogens with one attached hydrogen (secondary N) is 2. The van der Waals surface area contributed by atoms with Gasteiger partial charge in [0.05, 0.1) is 19.8 Å². The molecular weight excluding hydrogens is 473 g/mol. The zero-order valence-electron chi connectivity index (χ0n) is 16.5. The highest BCUT2D eigenvalue weighted by Gasteiger charge is 2.17. The molecule has 1 fully saturated rings. The van der Waals surface area contributed by atoms with Crippen LogP contribution in [0.25, 0.3) is 0 Å². The second kappa shape index (κ2) is 11.2. The molecule has 9 heteroatoms. The van der Waals surface area contributed by atoms with Crippen molar-refractivity contribution in [2.24, 2.45) is 10.9 Å². The first-order chi connectivity index (χ1) is 13.1. The van der Waals surface area contributed by atoms with E-state index in [4.69, 9.17) is 14.0 Å². The smallest absolute Gasteiger partial charge is 0.223 e. The lowest BCUT2D eigenvalue weighted by atomic mass is 10.1. The molecule has 1 aromatic carbocycles. The van der Waals surface area contributed by atoms with E-state index in [1.165, 1.54) is 5.56 Å². The molecule has 0 bridgehead atoms. The Kier molecular flexibility index (Phi) is 8.97. The van der Waals surface area contributed by atoms with Crippen LogP contribution in [0.15, 0.2) is 27.7 Å². The van der Waals surface area contributed by atoms with E-state index in [1.54, 1.807) is 14.0 Å². The summed E-state index contributed by atoms with van der Waals surface area (Å²) in [6, 6.07) is 6.24. The summed E-state index contributed by atoms with van der Waals surface area (Å²) in [5.41, 5.74) is 2.25. The van der Waals surface area contributed by atoms with Crippen molar-refractivity contribution >= 4 is 29.9 Å². The fraction of sp³-hybridized carbons (Fsp3) is 0.526. The van der Waals surface area contributed by atoms with Crippen molar-refractivity contribution in [3.63, 3.8) is 0 Å². The fourth-order valence-electron chi connectivity index (χ4n) is 2.84. The van der Waals surface area contributed by atoms with Gasteiger partial charge in [0.15, 0.2) is 11.8 Å². The molecule has 2 heterocycles. The van der Waals surface area contributed by atoms with E-state index < -0.39 is 0 Å². The number of halogens is 1. The SMILES string of the molecule is CN=C(NCc1noc(C)n1)NCc1ccc(C)cc1OCC1CCOC1.I. The quantitative estimate of drug-likeness (QED) is 0.342. The molecule has 0 amide bonds. The standard InChI is InChI=1S/C19H27N5O3.HI/c1-13-4-5-16(17(8-13)26-12-15-6-7-25-11-15)9-21-19(20-3)22-10-18-23-14(2)27-24-18;/h4-5,8,15H,6-7,9-12H2,1-3H3,(H2,20,21,22);1H. The summed E-state index contributed by atoms with van der Waals surface area (Å²) in [5, 5.41) is 10.3. The van der Waals surface area contributed by atoms with Crippen molar-refractivity contribution in [2.75, 3.05) is 26.9 Å². The number of aryl methyl sites for hydroxylation is 2. The lowest BCUT2D eigenvalue weighted by Gasteiger charge is -2.16. The number of aliphatic imine (C=N–C) groups is 1. The molecule has 1 aliphatic rings. The molecular formula is C19H28IN5O3. The van der Waals surface area contributed by atoms with E-state index in [-0.39, 0.29) is 24.0 Å². The van der Waals surface area contributed by atoms with Gasteiger partial charge in [-0.25, -0.2) is 0 Å². The van der Waals surface area contributed by atoms with Crippen molar-refractivity contribution < 1.29 is 14.0 Å². The number of guanidine groups is 1. The number of ether oxygens (including phenoxy) is 2. The van der Waals surface area contributed by atoms with E-state index in [9.17, 15) is 0 Å². The molecule has 1 aromatic heterocycles. The largest absolute Gasteiger partial charge is 0.493 e. The zero-order chi connectivity index (χ0) is 19.1. The van der Waals surface area contributed by atoms with Crippen LogP contribution in [-0.4, -0.2) is 43.0 Å². The molecule has 8 nitrogen and oxygen atoms in total. The van der Waals surface area contributed by atoms with Gasteiger partial charge < -0.3 is 24.6 Å². The van der Waals surface area contributed by atoms with Gasteiger partial charge in [-0.1, -0.05) is 17.3 Å². The predicted molar refractivity (Wildman–Crippen MR) is 117 cm³/mol. The highest BCUT2D eigenvalue weighted by atomic mass is 127. The monoisotopic (exact) mass is 501 g/mol. The Morgan fingerprint density at radius 2 is 2.11 bits per heavy atom. The van der Waals surface area contributed by atoms with Crippen LogP contribution in [0.1, 0.15) is 29.3 Å². The van der Waals surface area contributed by atoms with Crippen molar-refractivity contribution in [1.82, 2.24) is 20.8 Å². The molecule has 1 aliphatic heterocycles. The molecule has 1 saturated heterocycles. The summed E-state index contributed by atoms with van der Waals surface area (Å²) in [5.74, 6) is 3.17. The highest BCUT2D eigenvalue weighted by molar-refractivity contribution is 14.0. The summed E-state index contributed by atoms with van der Waals surface area (Å²) in [6.07, 6.45) is 1.06. The Bertz CT molecular complexity index is 775. The van der Waals surface area contributed by atoms with Crippen LogP contribution in [0.3, 0.4) is 0 Å². The maximum Gasteiger partial charge on any atom is 0.223 e. The van der Waals surface area contributed by atoms with Crippen LogP contribution in [0.5, 0.6) is 5.75 Å². The average molecular weight is 501 g/mol. The lowest BCUT2D eigenvalue weighted by molar-refractivity contribution is 0.166. The average Bonchev–Trinajstić information content (AvgIpc) is 3.33. The molecule has 2 aromatic rings. The van der Waals surface area contributed by atoms with Crippen LogP contribution >= 0.6 is 24.0 Å². The minimum atomic E-state index is 0. The maximum atomic E-state index is 6.09. The van der Waals surface area contributed by atoms with Crippen molar-refractivity contribution in [2.45, 2.75) is 33.4 Å². The maximum absolute atomic E-state index is 6.09. The van der Waals surface area contributed by atoms with Crippen LogP contribution in [-0.2, 0) is 17.8 Å². The summed E-state index contributed by atoms with van der Waals surface area (Å²) in [7, 11) is 1.73. The first kappa shape index (κ1) is 22.4. The summed E-state index contributed by atoms with van der Waals surface area (Å²) in [6.45, 7) is 7.16. The van der Waals surface area contributed by atoms with Crippen LogP contribution in [0.4, 0.5) is 0 Å². The second-order valence-electron chi connectivity index (χ2n) is 6.66. The Balaban J connectivity index is 0.00000280. The van der Waals surface area contributed by atoms with Crippen LogP contribution in [0.2, 0.25) is 0 Å². The number of hydrogen-bond acceptors (Lipinski definition) is 6. The molecule has 28 heavy (non-hydrogen) atoms. The fourth-order valence-corrected chi connectivity index (χ4v) is 2.84. The Labute approximate surface area is 182 Å². The number of nitrogens with zero attached hydrogens (tertiary/aromatic N) is 3. The van der Waals surface area contributed by atoms with E-state index in [1.807, 2.05) is 0 Å². The lowest BCUT2D eigenvalue weighted by Crippen LogP contribution is -2.36. The minimum absolute atomic E-state index is 0. The number of rotatable bonds is 7. The molecule has 1 unspecified atom stereocenters. The van der Waals surface area contributed by atoms with E-state index in [0.717, 1.165) is 30.9 Å². The van der Waals surface area contributed by atoms with Gasteiger partial charge in [0.25, 0.3) is 0 Å². The molecule has 0 spiro atoms. The molecule has 3 rings (SSSR count). The third kappa shape index (κ3) is 6.62. The molecule has 0 aliphatic carbocycles. The molecule has 0 saturated carbocycles. The number of hydrogen-bond donors (Lipinski definition) is 2. The van der Waals surface area contributed by atoms with E-state index in [0.29, 0.717) is 43.3 Å². The van der Waals surface area contributed by atoms with Gasteiger partial charge in [-0.3, -0.25) is 4.99 Å². The minimum Gasteiger partial charge on any atom is -0.493 e. The highest BCUT2D eigenvalue weighted by Crippen LogP contribution is 2.22. The van der Waals surface area contributed by atoms with Gasteiger partial charge >= 0.3 is 0 Å². The first-order valence-electron chi connectivity index (χ1n) is 9.18. The van der Waals surface area contributed by atoms with Gasteiger partial charge in [-0.2, -0.15) is 4.98 Å². The Morgan fingerprint density at radius 1 is 1.29 bits per heavy atom. The molecule has 2 N–H and O–H groups in total. The van der Waals surface area contributed by atoms with Gasteiger partial charge in [0, 0.05) is 38.6 Å². The zero-order valence-corrected chi connectivity index (χ0v) is 18.9. The van der Waals surface area contributed by atoms with Gasteiger partial charge in [0.2, 0.25) is 5.89 Å². The van der Waals surface area contributed by atoms with Gasteiger partial charge in [-0.15, -0.1) is 24.0 Å². The van der Waals surface area contributed by atoms with Gasteiger partial charge in [0.1, 0.15) is 5.75 Å². The second-order valence-corrected chi connectivity index (χ2v) is 6.66. The summed E-state index contributed by atoms with van der Waals surface area (Å²) >= 11 is 0. The number of aromatic nitrogens is 2. The van der Waals surface area contributed by atoms with Gasteiger partial charge in [-0.05, 0) is 25.0 Å². The molecule has 1 atom stereocenters. The summed E-state index contributed by atoms with van der Waals surface area (Å²) < 4.78 is 16.5. The first-order valence-corrected chi connectivity index (χ1v) is 9.18. The molecule has 154 valence electrons. The van der Waals surface area contributed by atoms with Crippen molar-refractivity contribution in [3.8, 4) is 5.75 Å². The predicted octanol–water partition coefficient (Wildman–Crippen LogP) is 2.58. The van der Waals surface area contributed by atoms with Crippen LogP contribution < -0.4 is 15.4 Å². The van der Waals surface area contributed by atoms with E-state index >= 15 is 0 Å². The topological polar surface area (TPSA) is 93.8 Å². The Morgan fingerprint density at radius 3 is 2.79 bits per heavy atom. The third-order valence-electron chi connectivity index (χ3n) is 4.37.